The molecule has 0 aliphatic carbocycles. The van der Waals surface area contributed by atoms with Crippen LogP contribution in [0.25, 0.3) is 0 Å². The summed E-state index contributed by atoms with van der Waals surface area (Å²) in [6.45, 7) is 3.99. The van der Waals surface area contributed by atoms with E-state index >= 15 is 0 Å². The van der Waals surface area contributed by atoms with Gasteiger partial charge in [0.05, 0.1) is 20.6 Å². The van der Waals surface area contributed by atoms with Crippen molar-refractivity contribution in [2.75, 3.05) is 41.6 Å². The topological polar surface area (TPSA) is 39.8 Å². The Kier molecular flexibility index (Phi) is 4.38. The number of benzene rings is 2. The predicted molar refractivity (Wildman–Crippen MR) is 114 cm³/mol. The van der Waals surface area contributed by atoms with Crippen LogP contribution in [0.2, 0.25) is 5.02 Å². The predicted octanol–water partition coefficient (Wildman–Crippen LogP) is 4.68. The molecule has 0 amide bonds. The monoisotopic (exact) mass is 500 g/mol. The minimum Gasteiger partial charge on any atom is -0.381 e. The van der Waals surface area contributed by atoms with Gasteiger partial charge in [0.2, 0.25) is 0 Å². The van der Waals surface area contributed by atoms with Crippen LogP contribution in [-0.2, 0) is 4.74 Å². The lowest BCUT2D eigenvalue weighted by Crippen LogP contribution is -2.58. The maximum Gasteiger partial charge on any atom is 0.157 e. The van der Waals surface area contributed by atoms with E-state index in [1.165, 1.54) is 5.69 Å². The lowest BCUT2D eigenvalue weighted by molar-refractivity contribution is -0.000189. The zero-order valence-corrected chi connectivity index (χ0v) is 17.5. The third-order valence-electron chi connectivity index (χ3n) is 5.75. The first-order valence-electron chi connectivity index (χ1n) is 8.98. The molecule has 2 saturated heterocycles. The zero-order valence-electron chi connectivity index (χ0n) is 14.6. The van der Waals surface area contributed by atoms with Gasteiger partial charge in [-0.15, -0.1) is 5.53 Å². The summed E-state index contributed by atoms with van der Waals surface area (Å²) >= 11 is 8.10. The molecular formula is C19H19ClFIN4O. The first-order chi connectivity index (χ1) is 13.1. The summed E-state index contributed by atoms with van der Waals surface area (Å²) in [4.78, 5) is 2.42. The summed E-state index contributed by atoms with van der Waals surface area (Å²) in [7, 11) is 0. The molecule has 0 aromatic heterocycles. The van der Waals surface area contributed by atoms with E-state index in [-0.39, 0.29) is 5.02 Å². The molecule has 3 heterocycles. The maximum atomic E-state index is 14.0. The molecule has 3 aliphatic heterocycles. The Morgan fingerprint density at radius 3 is 2.48 bits per heavy atom. The van der Waals surface area contributed by atoms with Crippen LogP contribution in [0.1, 0.15) is 12.8 Å². The highest BCUT2D eigenvalue weighted by molar-refractivity contribution is 14.1. The standard InChI is InChI=1S/C19H19ClFIN4O/c20-16-17(21)14(22)9-15-18(16)23-24-26(15)13-3-1-12(2-4-13)25-10-19(11-25)5-7-27-8-6-19/h1-4,9,23-24H,5-8,10-11H2. The van der Waals surface area contributed by atoms with Crippen LogP contribution < -0.4 is 20.9 Å². The molecule has 27 heavy (non-hydrogen) atoms. The molecule has 2 aromatic rings. The second-order valence-corrected chi connectivity index (χ2v) is 8.98. The van der Waals surface area contributed by atoms with E-state index < -0.39 is 5.82 Å². The number of nitrogens with one attached hydrogen (secondary N) is 2. The Bertz CT molecular complexity index is 880. The highest BCUT2D eigenvalue weighted by Gasteiger charge is 2.43. The van der Waals surface area contributed by atoms with Crippen LogP contribution in [-0.4, -0.2) is 26.3 Å². The summed E-state index contributed by atoms with van der Waals surface area (Å²) < 4.78 is 20.0. The molecule has 0 radical (unpaired) electrons. The van der Waals surface area contributed by atoms with E-state index in [1.54, 1.807) is 6.07 Å². The van der Waals surface area contributed by atoms with E-state index in [0.29, 0.717) is 14.7 Å². The first kappa shape index (κ1) is 17.8. The number of nitrogens with zero attached hydrogens (tertiary/aromatic N) is 2. The summed E-state index contributed by atoms with van der Waals surface area (Å²) in [6.07, 6.45) is 2.33. The van der Waals surface area contributed by atoms with Gasteiger partial charge in [0, 0.05) is 37.4 Å². The van der Waals surface area contributed by atoms with Gasteiger partial charge in [-0.1, -0.05) is 11.6 Å². The summed E-state index contributed by atoms with van der Waals surface area (Å²) in [6, 6.07) is 10.2. The van der Waals surface area contributed by atoms with Gasteiger partial charge in [-0.3, -0.25) is 10.4 Å². The molecule has 5 nitrogen and oxygen atoms in total. The van der Waals surface area contributed by atoms with E-state index in [2.05, 4.69) is 40.1 Å². The number of anilines is 4. The number of hydrogen-bond acceptors (Lipinski definition) is 5. The highest BCUT2D eigenvalue weighted by atomic mass is 127. The second-order valence-electron chi connectivity index (χ2n) is 7.44. The van der Waals surface area contributed by atoms with Gasteiger partial charge in [-0.05, 0) is 65.8 Å². The van der Waals surface area contributed by atoms with Gasteiger partial charge < -0.3 is 9.64 Å². The normalized spacial score (nSPS) is 20.4. The van der Waals surface area contributed by atoms with E-state index in [4.69, 9.17) is 16.3 Å². The lowest BCUT2D eigenvalue weighted by Gasteiger charge is -2.53. The van der Waals surface area contributed by atoms with Crippen molar-refractivity contribution in [3.8, 4) is 0 Å². The average Bonchev–Trinajstić information content (AvgIpc) is 3.09. The van der Waals surface area contributed by atoms with Gasteiger partial charge >= 0.3 is 0 Å². The molecule has 2 N–H and O–H groups in total. The zero-order chi connectivity index (χ0) is 18.6. The molecule has 0 bridgehead atoms. The first-order valence-corrected chi connectivity index (χ1v) is 10.4. The van der Waals surface area contributed by atoms with Gasteiger partial charge in [-0.25, -0.2) is 4.39 Å². The quantitative estimate of drug-likeness (QED) is 0.463. The molecule has 2 fully saturated rings. The molecule has 142 valence electrons. The van der Waals surface area contributed by atoms with Crippen LogP contribution in [0, 0.1) is 14.8 Å². The third kappa shape index (κ3) is 2.95. The Hall–Kier alpha value is -1.29. The molecule has 8 heteroatoms. The Morgan fingerprint density at radius 1 is 1.11 bits per heavy atom. The van der Waals surface area contributed by atoms with Crippen LogP contribution in [0.15, 0.2) is 30.3 Å². The van der Waals surface area contributed by atoms with Gasteiger partial charge in [0.25, 0.3) is 0 Å². The van der Waals surface area contributed by atoms with Gasteiger partial charge in [0.1, 0.15) is 5.02 Å². The van der Waals surface area contributed by atoms with Crippen molar-refractivity contribution in [2.24, 2.45) is 5.41 Å². The molecule has 5 rings (SSSR count). The average molecular weight is 501 g/mol. The minimum atomic E-state index is -0.401. The number of hydrazine groups is 2. The number of rotatable bonds is 2. The van der Waals surface area contributed by atoms with Gasteiger partial charge in [0.15, 0.2) is 5.82 Å². The van der Waals surface area contributed by atoms with E-state index in [1.807, 2.05) is 27.6 Å². The molecule has 0 unspecified atom stereocenters. The molecule has 1 spiro atoms. The van der Waals surface area contributed by atoms with Crippen molar-refractivity contribution in [1.82, 2.24) is 5.53 Å². The van der Waals surface area contributed by atoms with Crippen molar-refractivity contribution < 1.29 is 9.13 Å². The van der Waals surface area contributed by atoms with Crippen LogP contribution in [0.3, 0.4) is 0 Å². The van der Waals surface area contributed by atoms with E-state index in [9.17, 15) is 4.39 Å². The van der Waals surface area contributed by atoms with Crippen molar-refractivity contribution in [1.29, 1.82) is 0 Å². The fourth-order valence-electron chi connectivity index (χ4n) is 4.13. The van der Waals surface area contributed by atoms with Crippen molar-refractivity contribution in [2.45, 2.75) is 12.8 Å². The number of fused-ring (bicyclic) bond motifs is 1. The molecule has 0 atom stereocenters. The molecule has 3 aliphatic rings. The van der Waals surface area contributed by atoms with Crippen LogP contribution in [0.5, 0.6) is 0 Å². The fourth-order valence-corrected chi connectivity index (χ4v) is 5.10. The summed E-state index contributed by atoms with van der Waals surface area (Å²) in [5.74, 6) is -0.401. The Morgan fingerprint density at radius 2 is 1.78 bits per heavy atom. The van der Waals surface area contributed by atoms with Crippen LogP contribution in [0.4, 0.5) is 27.1 Å². The Balaban J connectivity index is 1.34. The lowest BCUT2D eigenvalue weighted by atomic mass is 9.73. The second kappa shape index (κ2) is 6.65. The smallest absolute Gasteiger partial charge is 0.157 e. The van der Waals surface area contributed by atoms with Crippen molar-refractivity contribution in [3.63, 3.8) is 0 Å². The molecule has 2 aromatic carbocycles. The maximum absolute atomic E-state index is 14.0. The van der Waals surface area contributed by atoms with E-state index in [0.717, 1.165) is 50.5 Å². The minimum absolute atomic E-state index is 0.103. The SMILES string of the molecule is Fc1c(I)cc2c(c1Cl)NNN2c1ccc(N2CC3(CCOCC3)C2)cc1. The number of hydrogen-bond donors (Lipinski definition) is 2. The number of halogens is 3. The fraction of sp³-hybridized carbons (Fsp3) is 0.368. The largest absolute Gasteiger partial charge is 0.381 e. The van der Waals surface area contributed by atoms with Gasteiger partial charge in [-0.2, -0.15) is 0 Å². The highest BCUT2D eigenvalue weighted by Crippen LogP contribution is 2.44. The Labute approximate surface area is 175 Å². The van der Waals surface area contributed by atoms with Crippen LogP contribution >= 0.6 is 34.2 Å². The molecule has 0 saturated carbocycles. The summed E-state index contributed by atoms with van der Waals surface area (Å²) in [5, 5.41) is 1.98. The molecular weight excluding hydrogens is 482 g/mol. The number of ether oxygens (including phenoxy) is 1. The van der Waals surface area contributed by atoms with Crippen molar-refractivity contribution >= 4 is 56.9 Å². The van der Waals surface area contributed by atoms with Crippen molar-refractivity contribution in [3.05, 3.63) is 44.7 Å². The third-order valence-corrected chi connectivity index (χ3v) is 6.89. The summed E-state index contributed by atoms with van der Waals surface area (Å²) in [5.41, 5.74) is 10.0.